The van der Waals surface area contributed by atoms with Gasteiger partial charge in [0.05, 0.1) is 11.5 Å². The number of pyridine rings is 1. The Morgan fingerprint density at radius 1 is 1.56 bits per heavy atom. The fourth-order valence-electron chi connectivity index (χ4n) is 1.06. The van der Waals surface area contributed by atoms with Gasteiger partial charge in [-0.05, 0) is 0 Å². The molecule has 3 N–H and O–H groups in total. The zero-order valence-electron chi connectivity index (χ0n) is 7.95. The van der Waals surface area contributed by atoms with Crippen LogP contribution in [-0.2, 0) is 0 Å². The summed E-state index contributed by atoms with van der Waals surface area (Å²) in [7, 11) is 0. The first-order chi connectivity index (χ1) is 7.47. The van der Waals surface area contributed by atoms with Crippen molar-refractivity contribution in [1.29, 1.82) is 0 Å². The summed E-state index contributed by atoms with van der Waals surface area (Å²) in [6, 6.07) is 0.999. The van der Waals surface area contributed by atoms with E-state index < -0.39 is 29.4 Å². The minimum Gasteiger partial charge on any atom is -0.394 e. The van der Waals surface area contributed by atoms with E-state index in [0.717, 1.165) is 12.3 Å². The molecule has 1 aromatic rings. The molecule has 0 aliphatic rings. The molecule has 88 valence electrons. The highest BCUT2D eigenvalue weighted by atomic mass is 35.5. The Kier molecular flexibility index (Phi) is 4.13. The summed E-state index contributed by atoms with van der Waals surface area (Å²) in [6.07, 6.45) is -1.78. The van der Waals surface area contributed by atoms with Gasteiger partial charge in [-0.3, -0.25) is 10.1 Å². The lowest BCUT2D eigenvalue weighted by Crippen LogP contribution is -2.22. The van der Waals surface area contributed by atoms with E-state index in [1.54, 1.807) is 0 Å². The normalized spacial score (nSPS) is 14.5. The van der Waals surface area contributed by atoms with Gasteiger partial charge in [0.25, 0.3) is 0 Å². The number of aliphatic hydroxyl groups is 3. The monoisotopic (exact) mass is 248 g/mol. The van der Waals surface area contributed by atoms with Gasteiger partial charge in [-0.15, -0.1) is 0 Å². The summed E-state index contributed by atoms with van der Waals surface area (Å²) in [4.78, 5) is 13.3. The number of aliphatic hydroxyl groups excluding tert-OH is 3. The number of nitrogens with zero attached hydrogens (tertiary/aromatic N) is 2. The Labute approximate surface area is 95.1 Å². The highest BCUT2D eigenvalue weighted by molar-refractivity contribution is 6.31. The molecule has 0 aliphatic carbocycles. The number of halogens is 1. The van der Waals surface area contributed by atoms with Crippen LogP contribution in [0.25, 0.3) is 0 Å². The number of nitro groups is 1. The molecule has 0 radical (unpaired) electrons. The summed E-state index contributed by atoms with van der Waals surface area (Å²) >= 11 is 5.46. The fraction of sp³-hybridized carbons (Fsp3) is 0.375. The van der Waals surface area contributed by atoms with E-state index >= 15 is 0 Å². The van der Waals surface area contributed by atoms with Crippen LogP contribution < -0.4 is 0 Å². The minimum atomic E-state index is -1.45. The SMILES string of the molecule is O=[N+]([O-])c1cc(C(O)C(O)CO)cnc1Cl. The van der Waals surface area contributed by atoms with Crippen LogP contribution in [-0.4, -0.2) is 37.9 Å². The Balaban J connectivity index is 3.07. The van der Waals surface area contributed by atoms with Crippen LogP contribution in [0.15, 0.2) is 12.3 Å². The van der Waals surface area contributed by atoms with Crippen molar-refractivity contribution in [3.63, 3.8) is 0 Å². The van der Waals surface area contributed by atoms with Gasteiger partial charge in [-0.25, -0.2) is 4.98 Å². The largest absolute Gasteiger partial charge is 0.394 e. The predicted octanol–water partition coefficient (Wildman–Crippen LogP) is 0.0298. The molecule has 0 aromatic carbocycles. The first-order valence-electron chi connectivity index (χ1n) is 4.24. The van der Waals surface area contributed by atoms with Gasteiger partial charge in [0, 0.05) is 17.8 Å². The van der Waals surface area contributed by atoms with Gasteiger partial charge in [0.15, 0.2) is 0 Å². The second-order valence-corrected chi connectivity index (χ2v) is 3.39. The van der Waals surface area contributed by atoms with Crippen LogP contribution in [0.5, 0.6) is 0 Å². The Morgan fingerprint density at radius 3 is 2.69 bits per heavy atom. The lowest BCUT2D eigenvalue weighted by atomic mass is 10.1. The molecule has 0 saturated heterocycles. The lowest BCUT2D eigenvalue weighted by Gasteiger charge is -2.15. The van der Waals surface area contributed by atoms with Gasteiger partial charge in [-0.2, -0.15) is 0 Å². The molecule has 2 atom stereocenters. The van der Waals surface area contributed by atoms with Crippen molar-refractivity contribution in [2.75, 3.05) is 6.61 Å². The van der Waals surface area contributed by atoms with Gasteiger partial charge in [0.1, 0.15) is 12.2 Å². The predicted molar refractivity (Wildman–Crippen MR) is 54.0 cm³/mol. The minimum absolute atomic E-state index is 0.0117. The van der Waals surface area contributed by atoms with E-state index in [2.05, 4.69) is 4.98 Å². The summed E-state index contributed by atoms with van der Waals surface area (Å²) in [5.41, 5.74) is -0.457. The fourth-order valence-corrected chi connectivity index (χ4v) is 1.24. The quantitative estimate of drug-likeness (QED) is 0.393. The van der Waals surface area contributed by atoms with Crippen LogP contribution in [0, 0.1) is 10.1 Å². The Hall–Kier alpha value is -1.28. The lowest BCUT2D eigenvalue weighted by molar-refractivity contribution is -0.385. The number of hydrogen-bond acceptors (Lipinski definition) is 6. The molecular formula is C8H9ClN2O5. The molecule has 1 aromatic heterocycles. The molecule has 0 aliphatic heterocycles. The Bertz CT molecular complexity index is 400. The van der Waals surface area contributed by atoms with E-state index in [0.29, 0.717) is 0 Å². The van der Waals surface area contributed by atoms with E-state index in [9.17, 15) is 15.2 Å². The van der Waals surface area contributed by atoms with Gasteiger partial charge in [0.2, 0.25) is 5.15 Å². The first kappa shape index (κ1) is 12.8. The van der Waals surface area contributed by atoms with Crippen LogP contribution in [0.3, 0.4) is 0 Å². The second kappa shape index (κ2) is 5.17. The van der Waals surface area contributed by atoms with Crippen molar-refractivity contribution in [2.24, 2.45) is 0 Å². The van der Waals surface area contributed by atoms with Crippen molar-refractivity contribution in [1.82, 2.24) is 4.98 Å². The molecular weight excluding hydrogens is 240 g/mol. The van der Waals surface area contributed by atoms with E-state index in [-0.39, 0.29) is 10.7 Å². The smallest absolute Gasteiger partial charge is 0.306 e. The van der Waals surface area contributed by atoms with Crippen molar-refractivity contribution in [3.05, 3.63) is 33.1 Å². The average molecular weight is 249 g/mol. The summed E-state index contributed by atoms with van der Waals surface area (Å²) < 4.78 is 0. The van der Waals surface area contributed by atoms with Gasteiger partial charge < -0.3 is 15.3 Å². The van der Waals surface area contributed by atoms with Gasteiger partial charge >= 0.3 is 5.69 Å². The zero-order valence-corrected chi connectivity index (χ0v) is 8.70. The molecule has 0 fully saturated rings. The molecule has 0 saturated carbocycles. The van der Waals surface area contributed by atoms with Crippen LogP contribution in [0.1, 0.15) is 11.7 Å². The maximum absolute atomic E-state index is 10.5. The van der Waals surface area contributed by atoms with E-state index in [1.165, 1.54) is 0 Å². The van der Waals surface area contributed by atoms with Crippen LogP contribution >= 0.6 is 11.6 Å². The van der Waals surface area contributed by atoms with E-state index in [1.807, 2.05) is 0 Å². The molecule has 0 amide bonds. The summed E-state index contributed by atoms with van der Waals surface area (Å²) in [5.74, 6) is 0. The topological polar surface area (TPSA) is 117 Å². The molecule has 1 heterocycles. The highest BCUT2D eigenvalue weighted by Crippen LogP contribution is 2.26. The van der Waals surface area contributed by atoms with E-state index in [4.69, 9.17) is 21.8 Å². The average Bonchev–Trinajstić information content (AvgIpc) is 2.27. The number of hydrogen-bond donors (Lipinski definition) is 3. The first-order valence-corrected chi connectivity index (χ1v) is 4.62. The standard InChI is InChI=1S/C8H9ClN2O5/c9-8-5(11(15)16)1-4(2-10-8)7(14)6(13)3-12/h1-2,6-7,12-14H,3H2. The third kappa shape index (κ3) is 2.64. The van der Waals surface area contributed by atoms with Gasteiger partial charge in [-0.1, -0.05) is 11.6 Å². The molecule has 16 heavy (non-hydrogen) atoms. The van der Waals surface area contributed by atoms with Crippen LogP contribution in [0.4, 0.5) is 5.69 Å². The number of rotatable bonds is 4. The third-order valence-corrected chi connectivity index (χ3v) is 2.22. The van der Waals surface area contributed by atoms with Crippen molar-refractivity contribution < 1.29 is 20.2 Å². The number of aromatic nitrogens is 1. The van der Waals surface area contributed by atoms with Crippen molar-refractivity contribution in [3.8, 4) is 0 Å². The van der Waals surface area contributed by atoms with Crippen molar-refractivity contribution in [2.45, 2.75) is 12.2 Å². The maximum atomic E-state index is 10.5. The maximum Gasteiger partial charge on any atom is 0.306 e. The molecule has 8 heteroatoms. The molecule has 2 unspecified atom stereocenters. The molecule has 1 rings (SSSR count). The van der Waals surface area contributed by atoms with Crippen molar-refractivity contribution >= 4 is 17.3 Å². The highest BCUT2D eigenvalue weighted by Gasteiger charge is 2.22. The second-order valence-electron chi connectivity index (χ2n) is 3.03. The summed E-state index contributed by atoms with van der Waals surface area (Å²) in [5, 5.41) is 37.4. The molecule has 7 nitrogen and oxygen atoms in total. The summed E-state index contributed by atoms with van der Waals surface area (Å²) in [6.45, 7) is -0.669. The zero-order chi connectivity index (χ0) is 12.3. The molecule has 0 spiro atoms. The van der Waals surface area contributed by atoms with Crippen LogP contribution in [0.2, 0.25) is 5.15 Å². The third-order valence-electron chi connectivity index (χ3n) is 1.93. The Morgan fingerprint density at radius 2 is 2.19 bits per heavy atom. The molecule has 0 bridgehead atoms.